The fourth-order valence-corrected chi connectivity index (χ4v) is 4.78. The second kappa shape index (κ2) is 8.32. The Morgan fingerprint density at radius 2 is 1.64 bits per heavy atom. The molecule has 0 fully saturated rings. The van der Waals surface area contributed by atoms with Crippen LogP contribution < -0.4 is 4.74 Å². The molecule has 168 valence electrons. The molecule has 2 aromatic carbocycles. The molecule has 3 heterocycles. The van der Waals surface area contributed by atoms with Crippen LogP contribution in [0.4, 0.5) is 0 Å². The number of nitrogens with zero attached hydrogens (tertiary/aromatic N) is 3. The van der Waals surface area contributed by atoms with Crippen LogP contribution in [0.25, 0.3) is 22.4 Å². The van der Waals surface area contributed by atoms with Gasteiger partial charge in [-0.25, -0.2) is 4.98 Å². The zero-order valence-corrected chi connectivity index (χ0v) is 20.5. The number of benzene rings is 2. The highest BCUT2D eigenvalue weighted by Crippen LogP contribution is 2.47. The van der Waals surface area contributed by atoms with Gasteiger partial charge >= 0.3 is 0 Å². The zero-order chi connectivity index (χ0) is 23.3. The summed E-state index contributed by atoms with van der Waals surface area (Å²) in [5.74, 6) is 1.43. The molecule has 0 aliphatic carbocycles. The minimum atomic E-state index is -0.476. The molecule has 1 aliphatic heterocycles. The van der Waals surface area contributed by atoms with Crippen molar-refractivity contribution in [3.63, 3.8) is 0 Å². The van der Waals surface area contributed by atoms with Crippen molar-refractivity contribution in [2.24, 2.45) is 0 Å². The molecule has 1 atom stereocenters. The van der Waals surface area contributed by atoms with Crippen molar-refractivity contribution in [1.29, 1.82) is 0 Å². The van der Waals surface area contributed by atoms with E-state index in [0.717, 1.165) is 22.3 Å². The normalized spacial score (nSPS) is 16.8. The van der Waals surface area contributed by atoms with Gasteiger partial charge in [0.15, 0.2) is 0 Å². The molecule has 8 heteroatoms. The Morgan fingerprint density at radius 1 is 0.909 bits per heavy atom. The number of hydrogen-bond acceptors (Lipinski definition) is 5. The highest BCUT2D eigenvalue weighted by molar-refractivity contribution is 6.36. The maximum Gasteiger partial charge on any atom is 0.224 e. The SMILES string of the molecule is Cc1nnc(C2CC(C)(C)Oc3nc(-c4ccc(Cl)cc4Cl)c(-c4ccc(Cl)cc4)cc32)o1. The van der Waals surface area contributed by atoms with Gasteiger partial charge in [-0.3, -0.25) is 0 Å². The summed E-state index contributed by atoms with van der Waals surface area (Å²) >= 11 is 18.9. The van der Waals surface area contributed by atoms with Crippen LogP contribution in [-0.2, 0) is 0 Å². The highest BCUT2D eigenvalue weighted by Gasteiger charge is 2.39. The summed E-state index contributed by atoms with van der Waals surface area (Å²) in [5, 5.41) is 10.0. The zero-order valence-electron chi connectivity index (χ0n) is 18.2. The van der Waals surface area contributed by atoms with E-state index in [-0.39, 0.29) is 5.92 Å². The predicted octanol–water partition coefficient (Wildman–Crippen LogP) is 7.76. The van der Waals surface area contributed by atoms with Gasteiger partial charge in [0.1, 0.15) is 5.60 Å². The summed E-state index contributed by atoms with van der Waals surface area (Å²) in [6, 6.07) is 15.1. The van der Waals surface area contributed by atoms with Crippen LogP contribution in [0.2, 0.25) is 15.1 Å². The van der Waals surface area contributed by atoms with Crippen LogP contribution in [0.3, 0.4) is 0 Å². The number of aromatic nitrogens is 3. The van der Waals surface area contributed by atoms with Gasteiger partial charge in [0.05, 0.1) is 16.6 Å². The van der Waals surface area contributed by atoms with Crippen LogP contribution in [0.5, 0.6) is 5.88 Å². The van der Waals surface area contributed by atoms with E-state index in [2.05, 4.69) is 16.3 Å². The first-order chi connectivity index (χ1) is 15.7. The number of fused-ring (bicyclic) bond motifs is 1. The molecule has 0 saturated carbocycles. The van der Waals surface area contributed by atoms with Crippen molar-refractivity contribution < 1.29 is 9.15 Å². The van der Waals surface area contributed by atoms with Gasteiger partial charge in [-0.05, 0) is 55.8 Å². The van der Waals surface area contributed by atoms with Gasteiger partial charge < -0.3 is 9.15 Å². The molecule has 0 amide bonds. The molecule has 1 unspecified atom stereocenters. The topological polar surface area (TPSA) is 61.0 Å². The van der Waals surface area contributed by atoms with Crippen LogP contribution in [0, 0.1) is 6.92 Å². The van der Waals surface area contributed by atoms with E-state index in [9.17, 15) is 0 Å². The van der Waals surface area contributed by atoms with E-state index in [1.807, 2.05) is 44.2 Å². The summed E-state index contributed by atoms with van der Waals surface area (Å²) in [6.45, 7) is 5.83. The van der Waals surface area contributed by atoms with Crippen molar-refractivity contribution in [1.82, 2.24) is 15.2 Å². The third-order valence-electron chi connectivity index (χ3n) is 5.64. The first-order valence-corrected chi connectivity index (χ1v) is 11.6. The largest absolute Gasteiger partial charge is 0.471 e. The Bertz CT molecular complexity index is 1350. The van der Waals surface area contributed by atoms with Crippen molar-refractivity contribution in [2.45, 2.75) is 38.7 Å². The Morgan fingerprint density at radius 3 is 2.30 bits per heavy atom. The number of hydrogen-bond donors (Lipinski definition) is 0. The first kappa shape index (κ1) is 22.2. The maximum absolute atomic E-state index is 6.60. The third-order valence-corrected chi connectivity index (χ3v) is 6.44. The summed E-state index contributed by atoms with van der Waals surface area (Å²) in [6.07, 6.45) is 0.671. The third kappa shape index (κ3) is 4.33. The number of rotatable bonds is 3. The van der Waals surface area contributed by atoms with E-state index in [1.165, 1.54) is 0 Å². The summed E-state index contributed by atoms with van der Waals surface area (Å²) in [4.78, 5) is 4.98. The van der Waals surface area contributed by atoms with Crippen LogP contribution in [0.15, 0.2) is 52.9 Å². The lowest BCUT2D eigenvalue weighted by Gasteiger charge is -2.36. The predicted molar refractivity (Wildman–Crippen MR) is 130 cm³/mol. The van der Waals surface area contributed by atoms with E-state index < -0.39 is 5.60 Å². The van der Waals surface area contributed by atoms with Gasteiger partial charge in [-0.1, -0.05) is 46.9 Å². The standard InChI is InChI=1S/C25H20Cl3N3O2/c1-13-30-31-24(32-13)20-12-25(2,3)33-23-19(20)11-18(14-4-6-15(26)7-5-14)22(29-23)17-9-8-16(27)10-21(17)28/h4-11,20H,12H2,1-3H3. The van der Waals surface area contributed by atoms with Crippen molar-refractivity contribution >= 4 is 34.8 Å². The molecule has 0 radical (unpaired) electrons. The molecular weight excluding hydrogens is 481 g/mol. The smallest absolute Gasteiger partial charge is 0.224 e. The minimum Gasteiger partial charge on any atom is -0.471 e. The average Bonchev–Trinajstić information content (AvgIpc) is 3.19. The Labute approximate surface area is 206 Å². The molecule has 0 bridgehead atoms. The average molecular weight is 501 g/mol. The minimum absolute atomic E-state index is 0.154. The van der Waals surface area contributed by atoms with Gasteiger partial charge in [0, 0.05) is 40.1 Å². The monoisotopic (exact) mass is 499 g/mol. The Balaban J connectivity index is 1.77. The molecule has 5 nitrogen and oxygen atoms in total. The van der Waals surface area contributed by atoms with Gasteiger partial charge in [0.25, 0.3) is 0 Å². The molecule has 4 aromatic rings. The lowest BCUT2D eigenvalue weighted by molar-refractivity contribution is 0.0675. The van der Waals surface area contributed by atoms with E-state index >= 15 is 0 Å². The van der Waals surface area contributed by atoms with E-state index in [0.29, 0.717) is 44.8 Å². The van der Waals surface area contributed by atoms with Gasteiger partial charge in [0.2, 0.25) is 17.7 Å². The Kier molecular flexibility index (Phi) is 5.60. The quantitative estimate of drug-likeness (QED) is 0.288. The van der Waals surface area contributed by atoms with Gasteiger partial charge in [-0.2, -0.15) is 0 Å². The molecule has 0 spiro atoms. The number of halogens is 3. The van der Waals surface area contributed by atoms with Crippen molar-refractivity contribution in [3.05, 3.63) is 80.9 Å². The number of aryl methyl sites for hydroxylation is 1. The van der Waals surface area contributed by atoms with Crippen molar-refractivity contribution in [3.8, 4) is 28.3 Å². The lowest BCUT2D eigenvalue weighted by atomic mass is 9.84. The number of pyridine rings is 1. The fraction of sp³-hybridized carbons (Fsp3) is 0.240. The second-order valence-corrected chi connectivity index (χ2v) is 9.97. The second-order valence-electron chi connectivity index (χ2n) is 8.69. The van der Waals surface area contributed by atoms with E-state index in [4.69, 9.17) is 48.9 Å². The summed E-state index contributed by atoms with van der Waals surface area (Å²) in [5.41, 5.74) is 3.69. The molecule has 2 aromatic heterocycles. The molecular formula is C25H20Cl3N3O2. The molecule has 5 rings (SSSR count). The highest BCUT2D eigenvalue weighted by atomic mass is 35.5. The lowest BCUT2D eigenvalue weighted by Crippen LogP contribution is -2.36. The van der Waals surface area contributed by atoms with Gasteiger partial charge in [-0.15, -0.1) is 10.2 Å². The molecule has 0 N–H and O–H groups in total. The van der Waals surface area contributed by atoms with Crippen molar-refractivity contribution in [2.75, 3.05) is 0 Å². The summed E-state index contributed by atoms with van der Waals surface area (Å²) < 4.78 is 12.1. The first-order valence-electron chi connectivity index (χ1n) is 10.5. The maximum atomic E-state index is 6.60. The molecule has 0 saturated heterocycles. The molecule has 33 heavy (non-hydrogen) atoms. The van der Waals surface area contributed by atoms with E-state index in [1.54, 1.807) is 19.1 Å². The van der Waals surface area contributed by atoms with Crippen LogP contribution in [-0.4, -0.2) is 20.8 Å². The molecule has 1 aliphatic rings. The van der Waals surface area contributed by atoms with Crippen LogP contribution in [0.1, 0.15) is 43.5 Å². The summed E-state index contributed by atoms with van der Waals surface area (Å²) in [7, 11) is 0. The number of ether oxygens (including phenoxy) is 1. The fourth-order valence-electron chi connectivity index (χ4n) is 4.16. The Hall–Kier alpha value is -2.60. The van der Waals surface area contributed by atoms with Crippen LogP contribution >= 0.6 is 34.8 Å².